The van der Waals surface area contributed by atoms with Gasteiger partial charge >= 0.3 is 5.97 Å². The summed E-state index contributed by atoms with van der Waals surface area (Å²) in [5.74, 6) is -3.04. The number of benzene rings is 1. The van der Waals surface area contributed by atoms with E-state index in [2.05, 4.69) is 11.4 Å². The number of rotatable bonds is 10. The van der Waals surface area contributed by atoms with Crippen molar-refractivity contribution in [2.24, 2.45) is 23.7 Å². The predicted octanol–water partition coefficient (Wildman–Crippen LogP) is 0.180. The maximum atomic E-state index is 13.3. The monoisotopic (exact) mass is 829 g/mol. The Morgan fingerprint density at radius 3 is 1.53 bits per heavy atom. The molecule has 6 fully saturated rings. The van der Waals surface area contributed by atoms with Gasteiger partial charge in [0.05, 0.1) is 35.8 Å². The van der Waals surface area contributed by atoms with Crippen molar-refractivity contribution in [3.63, 3.8) is 0 Å². The number of hydrogen-bond acceptors (Lipinski definition) is 10. The van der Waals surface area contributed by atoms with Crippen molar-refractivity contribution >= 4 is 44.1 Å². The van der Waals surface area contributed by atoms with E-state index in [9.17, 15) is 41.1 Å². The molecule has 57 heavy (non-hydrogen) atoms. The van der Waals surface area contributed by atoms with E-state index < -0.39 is 50.3 Å². The molecule has 0 spiro atoms. The maximum Gasteiger partial charge on any atom is 0.326 e. The van der Waals surface area contributed by atoms with E-state index in [0.717, 1.165) is 12.0 Å². The van der Waals surface area contributed by atoms with Crippen LogP contribution in [0.15, 0.2) is 30.3 Å². The van der Waals surface area contributed by atoms with Crippen molar-refractivity contribution < 1.29 is 41.1 Å². The van der Waals surface area contributed by atoms with E-state index >= 15 is 0 Å². The summed E-state index contributed by atoms with van der Waals surface area (Å²) in [4.78, 5) is 53.1. The molecule has 0 radical (unpaired) electrons. The Labute approximate surface area is 334 Å². The molecule has 0 bridgehead atoms. The number of aliphatic carboxylic acids is 1. The molecule has 3 amide bonds. The number of likely N-dealkylation sites (tertiary alicyclic amines) is 2. The number of carbonyl (C=O) groups excluding carboxylic acids is 3. The van der Waals surface area contributed by atoms with E-state index in [1.54, 1.807) is 4.90 Å². The highest BCUT2D eigenvalue weighted by Gasteiger charge is 2.46. The van der Waals surface area contributed by atoms with Gasteiger partial charge < -0.3 is 20.2 Å². The van der Waals surface area contributed by atoms with Gasteiger partial charge in [-0.1, -0.05) is 30.3 Å². The highest BCUT2D eigenvalue weighted by atomic mass is 32.2. The Hall–Kier alpha value is -4.18. The number of nitrogens with zero attached hydrogens (tertiary/aromatic N) is 8. The van der Waals surface area contributed by atoms with Crippen LogP contribution >= 0.6 is 0 Å². The highest BCUT2D eigenvalue weighted by Crippen LogP contribution is 2.31. The quantitative estimate of drug-likeness (QED) is 0.323. The molecule has 0 aliphatic carbocycles. The number of nitriles is 2. The highest BCUT2D eigenvalue weighted by molar-refractivity contribution is 7.87. The molecule has 310 valence electrons. The largest absolute Gasteiger partial charge is 0.480 e. The van der Waals surface area contributed by atoms with Gasteiger partial charge in [0.2, 0.25) is 17.7 Å². The van der Waals surface area contributed by atoms with E-state index in [1.165, 1.54) is 22.1 Å². The summed E-state index contributed by atoms with van der Waals surface area (Å²) in [5.41, 5.74) is 0.995. The first-order valence-corrected chi connectivity index (χ1v) is 22.5. The lowest BCUT2D eigenvalue weighted by Crippen LogP contribution is -2.57. The lowest BCUT2D eigenvalue weighted by atomic mass is 9.97. The summed E-state index contributed by atoms with van der Waals surface area (Å²) in [5, 5.41) is 29.9. The van der Waals surface area contributed by atoms with Crippen LogP contribution in [0.2, 0.25) is 0 Å². The zero-order valence-corrected chi connectivity index (χ0v) is 33.5. The minimum Gasteiger partial charge on any atom is -0.480 e. The summed E-state index contributed by atoms with van der Waals surface area (Å²) >= 11 is 0. The fourth-order valence-corrected chi connectivity index (χ4v) is 12.0. The van der Waals surface area contributed by atoms with Gasteiger partial charge in [0.15, 0.2) is 0 Å². The average molecular weight is 830 g/mol. The summed E-state index contributed by atoms with van der Waals surface area (Å²) in [7, 11) is -7.32. The standard InChI is InChI=1S/C22H29N5O4S.C15H22N4O5S/c23-12-18-14-26(15-18)32(30,31)25-10-4-8-19(16-25)22(29)27-11-5-9-20(27)21(28)24-13-17-6-2-1-3-7-17;16-7-11-8-18(9-11)25(23,24)17-5-1-3-12(10-17)14(20)19-6-2-4-13(19)15(21)22/h1-3,6-7,18-20H,4-5,8-11,13-16H2,(H,24,28);11-13H,1-6,8-10H2,(H,21,22)/t19-,20+;12-,13+/m00/s1. The van der Waals surface area contributed by atoms with Gasteiger partial charge in [-0.15, -0.1) is 0 Å². The molecule has 1 aromatic carbocycles. The molecule has 1 aromatic rings. The van der Waals surface area contributed by atoms with Crippen LogP contribution < -0.4 is 5.32 Å². The molecular formula is C37H51N9O9S2. The van der Waals surface area contributed by atoms with Crippen molar-refractivity contribution in [2.45, 2.75) is 70.0 Å². The van der Waals surface area contributed by atoms with Crippen molar-refractivity contribution in [3.8, 4) is 12.1 Å². The van der Waals surface area contributed by atoms with E-state index in [1.807, 2.05) is 36.4 Å². The Bertz CT molecular complexity index is 1960. The Kier molecular flexibility index (Phi) is 13.5. The molecule has 18 nitrogen and oxygen atoms in total. The summed E-state index contributed by atoms with van der Waals surface area (Å²) in [6, 6.07) is 12.4. The molecule has 6 heterocycles. The van der Waals surface area contributed by atoms with Crippen molar-refractivity contribution in [1.29, 1.82) is 10.5 Å². The lowest BCUT2D eigenvalue weighted by Gasteiger charge is -2.41. The molecular weight excluding hydrogens is 779 g/mol. The van der Waals surface area contributed by atoms with Gasteiger partial charge in [-0.3, -0.25) is 14.4 Å². The average Bonchev–Trinajstić information content (AvgIpc) is 3.88. The first-order valence-electron chi connectivity index (χ1n) is 19.7. The van der Waals surface area contributed by atoms with E-state index in [4.69, 9.17) is 10.5 Å². The summed E-state index contributed by atoms with van der Waals surface area (Å²) in [6.07, 6.45) is 4.81. The van der Waals surface area contributed by atoms with Crippen LogP contribution in [0.5, 0.6) is 0 Å². The maximum absolute atomic E-state index is 13.3. The Morgan fingerprint density at radius 2 is 1.07 bits per heavy atom. The number of carbonyl (C=O) groups is 4. The third-order valence-corrected chi connectivity index (χ3v) is 15.7. The molecule has 0 saturated carbocycles. The van der Waals surface area contributed by atoms with E-state index in [-0.39, 0.29) is 68.8 Å². The molecule has 4 atom stereocenters. The molecule has 6 aliphatic heterocycles. The predicted molar refractivity (Wildman–Crippen MR) is 203 cm³/mol. The molecule has 20 heteroatoms. The Morgan fingerprint density at radius 1 is 0.632 bits per heavy atom. The number of piperidine rings is 2. The second-order valence-corrected chi connectivity index (χ2v) is 19.5. The summed E-state index contributed by atoms with van der Waals surface area (Å²) < 4.78 is 56.2. The number of hydrogen-bond donors (Lipinski definition) is 2. The molecule has 6 aliphatic rings. The summed E-state index contributed by atoms with van der Waals surface area (Å²) in [6.45, 7) is 3.09. The fourth-order valence-electron chi connectivity index (χ4n) is 8.41. The first kappa shape index (κ1) is 42.4. The van der Waals surface area contributed by atoms with E-state index in [0.29, 0.717) is 77.7 Å². The third-order valence-electron chi connectivity index (χ3n) is 11.8. The normalized spacial score (nSPS) is 26.9. The van der Waals surface area contributed by atoms with Crippen molar-refractivity contribution in [1.82, 2.24) is 32.3 Å². The van der Waals surface area contributed by atoms with Gasteiger partial charge in [0.25, 0.3) is 20.4 Å². The van der Waals surface area contributed by atoms with Crippen LogP contribution in [0.1, 0.15) is 56.9 Å². The topological polar surface area (TPSA) is 236 Å². The zero-order valence-electron chi connectivity index (χ0n) is 31.9. The molecule has 2 N–H and O–H groups in total. The van der Waals surface area contributed by atoms with Crippen LogP contribution in [-0.2, 0) is 46.1 Å². The molecule has 0 unspecified atom stereocenters. The van der Waals surface area contributed by atoms with Gasteiger partial charge in [-0.25, -0.2) is 4.79 Å². The molecule has 7 rings (SSSR count). The van der Waals surface area contributed by atoms with Gasteiger partial charge in [0.1, 0.15) is 12.1 Å². The van der Waals surface area contributed by atoms with Crippen LogP contribution in [0.3, 0.4) is 0 Å². The van der Waals surface area contributed by atoms with Crippen molar-refractivity contribution in [3.05, 3.63) is 35.9 Å². The third kappa shape index (κ3) is 9.42. The van der Waals surface area contributed by atoms with Gasteiger partial charge in [-0.05, 0) is 56.9 Å². The van der Waals surface area contributed by atoms with Crippen LogP contribution in [-0.4, -0.2) is 150 Å². The van der Waals surface area contributed by atoms with Crippen LogP contribution in [0.25, 0.3) is 0 Å². The number of carboxylic acids is 1. The molecule has 0 aromatic heterocycles. The lowest BCUT2D eigenvalue weighted by molar-refractivity contribution is -0.150. The second-order valence-electron chi connectivity index (χ2n) is 15.6. The number of carboxylic acid groups (broad SMARTS) is 1. The van der Waals surface area contributed by atoms with Gasteiger partial charge in [-0.2, -0.15) is 44.6 Å². The molecule has 6 saturated heterocycles. The Balaban J connectivity index is 0.000000199. The minimum absolute atomic E-state index is 0.0811. The number of amides is 3. The van der Waals surface area contributed by atoms with Gasteiger partial charge in [0, 0.05) is 72.0 Å². The number of nitrogens with one attached hydrogen (secondary N) is 1. The first-order chi connectivity index (χ1) is 27.2. The SMILES string of the molecule is N#CC1CN(S(=O)(=O)N2CCC[C@H](C(=O)N3CCC[C@@H]3C(=O)NCc3ccccc3)C2)C1.N#CC1CN(S(=O)(=O)N2CCC[C@H](C(=O)N3CCC[C@@H]3C(=O)O)C2)C1. The fraction of sp³-hybridized carbons (Fsp3) is 0.676. The van der Waals surface area contributed by atoms with Crippen LogP contribution in [0, 0.1) is 46.3 Å². The smallest absolute Gasteiger partial charge is 0.326 e. The van der Waals surface area contributed by atoms with Crippen molar-refractivity contribution in [2.75, 3.05) is 65.4 Å². The minimum atomic E-state index is -3.66. The zero-order chi connectivity index (χ0) is 40.9. The van der Waals surface area contributed by atoms with Crippen LogP contribution in [0.4, 0.5) is 0 Å². The second kappa shape index (κ2) is 18.2.